The topological polar surface area (TPSA) is 54.8 Å². The van der Waals surface area contributed by atoms with E-state index in [4.69, 9.17) is 14.5 Å². The first kappa shape index (κ1) is 27.4. The minimum absolute atomic E-state index is 0.458. The molecular formula is C35H36N2O3. The molecule has 5 nitrogen and oxygen atoms in total. The van der Waals surface area contributed by atoms with Crippen LogP contribution in [0, 0.1) is 0 Å². The van der Waals surface area contributed by atoms with Crippen molar-refractivity contribution in [1.82, 2.24) is 9.88 Å². The van der Waals surface area contributed by atoms with Gasteiger partial charge in [-0.15, -0.1) is 0 Å². The van der Waals surface area contributed by atoms with E-state index in [2.05, 4.69) is 47.4 Å². The molecule has 0 fully saturated rings. The first-order valence-electron chi connectivity index (χ1n) is 13.5. The van der Waals surface area contributed by atoms with E-state index in [9.17, 15) is 5.11 Å². The average molecular weight is 533 g/mol. The zero-order valence-electron chi connectivity index (χ0n) is 23.5. The summed E-state index contributed by atoms with van der Waals surface area (Å²) in [5.74, 6) is 0.830. The Morgan fingerprint density at radius 1 is 0.800 bits per heavy atom. The minimum atomic E-state index is -1.28. The highest BCUT2D eigenvalue weighted by Gasteiger charge is 2.43. The molecule has 40 heavy (non-hydrogen) atoms. The second-order valence-corrected chi connectivity index (χ2v) is 10.4. The number of pyridine rings is 1. The maximum absolute atomic E-state index is 13.1. The van der Waals surface area contributed by atoms with Crippen molar-refractivity contribution < 1.29 is 14.6 Å². The van der Waals surface area contributed by atoms with Crippen LogP contribution in [0.15, 0.2) is 109 Å². The van der Waals surface area contributed by atoms with Crippen molar-refractivity contribution in [3.05, 3.63) is 126 Å². The highest BCUT2D eigenvalue weighted by molar-refractivity contribution is 5.86. The number of aromatic nitrogens is 1. The molecule has 0 aliphatic carbocycles. The van der Waals surface area contributed by atoms with Crippen LogP contribution in [0.1, 0.15) is 29.0 Å². The predicted octanol–water partition coefficient (Wildman–Crippen LogP) is 6.89. The Labute approximate surface area is 236 Å². The van der Waals surface area contributed by atoms with Crippen LogP contribution >= 0.6 is 0 Å². The number of hydrogen-bond acceptors (Lipinski definition) is 5. The summed E-state index contributed by atoms with van der Waals surface area (Å²) in [7, 11) is 7.37. The third kappa shape index (κ3) is 5.44. The molecule has 5 heteroatoms. The van der Waals surface area contributed by atoms with Crippen LogP contribution in [-0.4, -0.2) is 49.9 Å². The van der Waals surface area contributed by atoms with Crippen LogP contribution in [0.3, 0.4) is 0 Å². The number of rotatable bonds is 10. The number of benzene rings is 4. The largest absolute Gasteiger partial charge is 0.497 e. The molecule has 204 valence electrons. The van der Waals surface area contributed by atoms with Gasteiger partial charge in [0.05, 0.1) is 14.2 Å². The summed E-state index contributed by atoms with van der Waals surface area (Å²) >= 11 is 0. The van der Waals surface area contributed by atoms with Crippen LogP contribution in [0.2, 0.25) is 0 Å². The summed E-state index contributed by atoms with van der Waals surface area (Å²) in [6, 6.07) is 34.7. The van der Waals surface area contributed by atoms with Crippen molar-refractivity contribution >= 4 is 10.8 Å². The molecule has 2 atom stereocenters. The summed E-state index contributed by atoms with van der Waals surface area (Å²) in [6.07, 6.45) is 2.33. The van der Waals surface area contributed by atoms with Gasteiger partial charge in [0.15, 0.2) is 0 Å². The van der Waals surface area contributed by atoms with Gasteiger partial charge in [-0.05, 0) is 66.2 Å². The lowest BCUT2D eigenvalue weighted by Crippen LogP contribution is -2.38. The molecule has 0 saturated carbocycles. The Bertz CT molecular complexity index is 1560. The van der Waals surface area contributed by atoms with Gasteiger partial charge < -0.3 is 19.5 Å². The Hall–Kier alpha value is -4.19. The quantitative estimate of drug-likeness (QED) is 0.212. The lowest BCUT2D eigenvalue weighted by Gasteiger charge is -2.39. The van der Waals surface area contributed by atoms with E-state index >= 15 is 0 Å². The SMILES string of the molecule is COc1ccc(-c2cnc(OC)c(C(c3ccccc3)C(O)(CCN(C)C)c3cccc4ccccc34)c2)cc1. The van der Waals surface area contributed by atoms with Gasteiger partial charge in [-0.3, -0.25) is 0 Å². The number of aliphatic hydroxyl groups is 1. The summed E-state index contributed by atoms with van der Waals surface area (Å²) in [4.78, 5) is 6.86. The summed E-state index contributed by atoms with van der Waals surface area (Å²) in [6.45, 7) is 0.691. The highest BCUT2D eigenvalue weighted by Crippen LogP contribution is 2.49. The van der Waals surface area contributed by atoms with Crippen molar-refractivity contribution in [2.45, 2.75) is 17.9 Å². The van der Waals surface area contributed by atoms with Gasteiger partial charge in [0.25, 0.3) is 0 Å². The van der Waals surface area contributed by atoms with Crippen LogP contribution in [-0.2, 0) is 5.60 Å². The van der Waals surface area contributed by atoms with E-state index in [0.717, 1.165) is 44.3 Å². The fourth-order valence-electron chi connectivity index (χ4n) is 5.58. The highest BCUT2D eigenvalue weighted by atomic mass is 16.5. The molecule has 0 spiro atoms. The fraction of sp³-hybridized carbons (Fsp3) is 0.229. The first-order chi connectivity index (χ1) is 19.4. The molecule has 5 rings (SSSR count). The Kier molecular flexibility index (Phi) is 8.15. The molecule has 0 saturated heterocycles. The molecule has 4 aromatic carbocycles. The zero-order valence-corrected chi connectivity index (χ0v) is 23.5. The number of methoxy groups -OCH3 is 2. The van der Waals surface area contributed by atoms with Gasteiger partial charge in [-0.2, -0.15) is 0 Å². The maximum atomic E-state index is 13.1. The van der Waals surface area contributed by atoms with Gasteiger partial charge in [-0.1, -0.05) is 84.9 Å². The van der Waals surface area contributed by atoms with Gasteiger partial charge >= 0.3 is 0 Å². The Balaban J connectivity index is 1.78. The standard InChI is InChI=1S/C35H36N2O3/c1-37(2)22-21-35(38,32-16-10-14-26-11-8-9-15-30(26)32)33(27-12-6-5-7-13-27)31-23-28(24-36-34(31)40-4)25-17-19-29(39-3)20-18-25/h5-20,23-24,33,38H,21-22H2,1-4H3. The fourth-order valence-corrected chi connectivity index (χ4v) is 5.58. The van der Waals surface area contributed by atoms with Gasteiger partial charge in [0.1, 0.15) is 11.4 Å². The third-order valence-corrected chi connectivity index (χ3v) is 7.61. The second kappa shape index (κ2) is 11.9. The summed E-state index contributed by atoms with van der Waals surface area (Å²) in [5, 5.41) is 15.2. The van der Waals surface area contributed by atoms with Crippen molar-refractivity contribution in [2.75, 3.05) is 34.9 Å². The minimum Gasteiger partial charge on any atom is -0.497 e. The number of nitrogens with zero attached hydrogens (tertiary/aromatic N) is 2. The molecule has 0 aliphatic heterocycles. The van der Waals surface area contributed by atoms with E-state index in [1.807, 2.05) is 81.0 Å². The van der Waals surface area contributed by atoms with E-state index in [-0.39, 0.29) is 0 Å². The molecule has 1 aromatic heterocycles. The van der Waals surface area contributed by atoms with Gasteiger partial charge in [-0.25, -0.2) is 4.98 Å². The Morgan fingerprint density at radius 3 is 2.20 bits per heavy atom. The lowest BCUT2D eigenvalue weighted by molar-refractivity contribution is 0.00517. The average Bonchev–Trinajstić information content (AvgIpc) is 3.00. The summed E-state index contributed by atoms with van der Waals surface area (Å²) in [5.41, 5.74) is 3.37. The number of ether oxygens (including phenoxy) is 2. The normalized spacial score (nSPS) is 13.7. The summed E-state index contributed by atoms with van der Waals surface area (Å²) < 4.78 is 11.2. The van der Waals surface area contributed by atoms with Crippen molar-refractivity contribution in [2.24, 2.45) is 0 Å². The van der Waals surface area contributed by atoms with Crippen LogP contribution in [0.4, 0.5) is 0 Å². The van der Waals surface area contributed by atoms with Crippen molar-refractivity contribution in [1.29, 1.82) is 0 Å². The van der Waals surface area contributed by atoms with E-state index in [1.165, 1.54) is 0 Å². The lowest BCUT2D eigenvalue weighted by atomic mass is 9.70. The van der Waals surface area contributed by atoms with Crippen molar-refractivity contribution in [3.63, 3.8) is 0 Å². The first-order valence-corrected chi connectivity index (χ1v) is 13.5. The van der Waals surface area contributed by atoms with E-state index in [0.29, 0.717) is 18.8 Å². The van der Waals surface area contributed by atoms with Crippen LogP contribution < -0.4 is 9.47 Å². The van der Waals surface area contributed by atoms with Crippen molar-refractivity contribution in [3.8, 4) is 22.8 Å². The maximum Gasteiger partial charge on any atom is 0.217 e. The number of fused-ring (bicyclic) bond motifs is 1. The monoisotopic (exact) mass is 532 g/mol. The van der Waals surface area contributed by atoms with Gasteiger partial charge in [0.2, 0.25) is 5.88 Å². The second-order valence-electron chi connectivity index (χ2n) is 10.4. The molecule has 1 N–H and O–H groups in total. The molecule has 2 unspecified atom stereocenters. The molecule has 0 bridgehead atoms. The predicted molar refractivity (Wildman–Crippen MR) is 162 cm³/mol. The molecule has 1 heterocycles. The van der Waals surface area contributed by atoms with Gasteiger partial charge in [0, 0.05) is 29.8 Å². The number of hydrogen-bond donors (Lipinski definition) is 1. The molecule has 5 aromatic rings. The third-order valence-electron chi connectivity index (χ3n) is 7.61. The van der Waals surface area contributed by atoms with E-state index in [1.54, 1.807) is 14.2 Å². The van der Waals surface area contributed by atoms with Crippen LogP contribution in [0.5, 0.6) is 11.6 Å². The smallest absolute Gasteiger partial charge is 0.217 e. The Morgan fingerprint density at radius 2 is 1.50 bits per heavy atom. The van der Waals surface area contributed by atoms with Crippen LogP contribution in [0.25, 0.3) is 21.9 Å². The van der Waals surface area contributed by atoms with E-state index < -0.39 is 11.5 Å². The molecule has 0 radical (unpaired) electrons. The molecule has 0 aliphatic rings. The molecule has 0 amide bonds. The molecular weight excluding hydrogens is 496 g/mol. The zero-order chi connectivity index (χ0) is 28.1.